The van der Waals surface area contributed by atoms with Crippen molar-refractivity contribution in [1.82, 2.24) is 14.8 Å². The number of hydrogen-bond acceptors (Lipinski definition) is 5. The SMILES string of the molecule is N#Cc1ccccc1COc1ccc([C@@H]2CC(=O)Nc3ncnn32)cc1I. The Morgan fingerprint density at radius 3 is 3.00 bits per heavy atom. The van der Waals surface area contributed by atoms with Gasteiger partial charge in [-0.2, -0.15) is 15.3 Å². The van der Waals surface area contributed by atoms with Crippen molar-refractivity contribution in [3.05, 3.63) is 69.1 Å². The summed E-state index contributed by atoms with van der Waals surface area (Å²) in [7, 11) is 0. The fourth-order valence-electron chi connectivity index (χ4n) is 3.02. The van der Waals surface area contributed by atoms with Crippen molar-refractivity contribution >= 4 is 34.4 Å². The number of benzene rings is 2. The molecule has 1 N–H and O–H groups in total. The number of halogens is 1. The van der Waals surface area contributed by atoms with Crippen LogP contribution in [0.2, 0.25) is 0 Å². The van der Waals surface area contributed by atoms with Crippen molar-refractivity contribution in [3.63, 3.8) is 0 Å². The molecule has 1 aromatic heterocycles. The molecule has 27 heavy (non-hydrogen) atoms. The highest BCUT2D eigenvalue weighted by atomic mass is 127. The Hall–Kier alpha value is -2.93. The van der Waals surface area contributed by atoms with Gasteiger partial charge < -0.3 is 4.74 Å². The Balaban J connectivity index is 1.56. The Labute approximate surface area is 169 Å². The molecule has 1 atom stereocenters. The molecule has 0 aliphatic carbocycles. The highest BCUT2D eigenvalue weighted by Crippen LogP contribution is 2.32. The lowest BCUT2D eigenvalue weighted by Crippen LogP contribution is -2.29. The van der Waals surface area contributed by atoms with E-state index in [0.29, 0.717) is 24.5 Å². The predicted molar refractivity (Wildman–Crippen MR) is 106 cm³/mol. The maximum absolute atomic E-state index is 11.9. The van der Waals surface area contributed by atoms with Crippen molar-refractivity contribution in [2.45, 2.75) is 19.1 Å². The van der Waals surface area contributed by atoms with E-state index in [-0.39, 0.29) is 11.9 Å². The number of aromatic nitrogens is 3. The largest absolute Gasteiger partial charge is 0.488 e. The lowest BCUT2D eigenvalue weighted by molar-refractivity contribution is -0.117. The first kappa shape index (κ1) is 17.5. The molecule has 0 fully saturated rings. The van der Waals surface area contributed by atoms with Crippen molar-refractivity contribution < 1.29 is 9.53 Å². The molecule has 1 aliphatic rings. The fraction of sp³-hybridized carbons (Fsp3) is 0.158. The molecule has 3 aromatic rings. The summed E-state index contributed by atoms with van der Waals surface area (Å²) in [6.45, 7) is 0.318. The number of hydrogen-bond donors (Lipinski definition) is 1. The van der Waals surface area contributed by atoms with Crippen LogP contribution in [0.3, 0.4) is 0 Å². The number of carbonyl (C=O) groups excluding carboxylic acids is 1. The van der Waals surface area contributed by atoms with E-state index in [4.69, 9.17) is 4.74 Å². The molecule has 2 aromatic carbocycles. The van der Waals surface area contributed by atoms with Gasteiger partial charge in [-0.15, -0.1) is 0 Å². The Morgan fingerprint density at radius 1 is 1.33 bits per heavy atom. The Morgan fingerprint density at radius 2 is 2.19 bits per heavy atom. The number of amides is 1. The third-order valence-corrected chi connectivity index (χ3v) is 5.20. The van der Waals surface area contributed by atoms with E-state index in [1.54, 1.807) is 10.7 Å². The first-order valence-electron chi connectivity index (χ1n) is 8.25. The minimum atomic E-state index is -0.196. The highest BCUT2D eigenvalue weighted by molar-refractivity contribution is 14.1. The van der Waals surface area contributed by atoms with Gasteiger partial charge in [0.05, 0.1) is 27.7 Å². The van der Waals surface area contributed by atoms with E-state index >= 15 is 0 Å². The fourth-order valence-corrected chi connectivity index (χ4v) is 3.71. The van der Waals surface area contributed by atoms with Crippen LogP contribution in [0.5, 0.6) is 5.75 Å². The van der Waals surface area contributed by atoms with Crippen molar-refractivity contribution in [2.24, 2.45) is 0 Å². The van der Waals surface area contributed by atoms with Crippen LogP contribution in [-0.2, 0) is 11.4 Å². The Kier molecular flexibility index (Phi) is 4.77. The van der Waals surface area contributed by atoms with Crippen LogP contribution in [0, 0.1) is 14.9 Å². The molecule has 8 heteroatoms. The third-order valence-electron chi connectivity index (χ3n) is 4.36. The number of ether oxygens (including phenoxy) is 1. The van der Waals surface area contributed by atoms with Gasteiger partial charge in [0.15, 0.2) is 0 Å². The smallest absolute Gasteiger partial charge is 0.229 e. The van der Waals surface area contributed by atoms with E-state index < -0.39 is 0 Å². The standard InChI is InChI=1S/C19H14IN5O2/c20-15-7-12(16-8-18(26)24-19-22-11-23-25(16)19)5-6-17(15)27-10-14-4-2-1-3-13(14)9-21/h1-7,11,16H,8,10H2,(H,22,23,24,26)/t16-/m0/s1. The van der Waals surface area contributed by atoms with Gasteiger partial charge in [0.2, 0.25) is 11.9 Å². The molecule has 0 unspecified atom stereocenters. The molecular formula is C19H14IN5O2. The van der Waals surface area contributed by atoms with E-state index in [1.165, 1.54) is 6.33 Å². The van der Waals surface area contributed by atoms with E-state index in [0.717, 1.165) is 20.4 Å². The van der Waals surface area contributed by atoms with Gasteiger partial charge in [0.25, 0.3) is 0 Å². The number of nitriles is 1. The number of nitrogens with one attached hydrogen (secondary N) is 1. The van der Waals surface area contributed by atoms with Crippen LogP contribution in [0.1, 0.15) is 29.2 Å². The minimum absolute atomic E-state index is 0.0797. The van der Waals surface area contributed by atoms with Gasteiger partial charge in [-0.1, -0.05) is 24.3 Å². The molecule has 0 bridgehead atoms. The number of rotatable bonds is 4. The normalized spacial score (nSPS) is 15.6. The van der Waals surface area contributed by atoms with Crippen molar-refractivity contribution in [2.75, 3.05) is 5.32 Å². The van der Waals surface area contributed by atoms with Crippen LogP contribution in [0.4, 0.5) is 5.95 Å². The zero-order valence-corrected chi connectivity index (χ0v) is 16.3. The second-order valence-electron chi connectivity index (χ2n) is 6.04. The molecule has 1 aliphatic heterocycles. The predicted octanol–water partition coefficient (Wildman–Crippen LogP) is 3.26. The summed E-state index contributed by atoms with van der Waals surface area (Å²) < 4.78 is 8.55. The molecular weight excluding hydrogens is 457 g/mol. The van der Waals surface area contributed by atoms with Crippen LogP contribution in [0.15, 0.2) is 48.8 Å². The average molecular weight is 471 g/mol. The number of nitrogens with zero attached hydrogens (tertiary/aromatic N) is 4. The second-order valence-corrected chi connectivity index (χ2v) is 7.21. The Bertz CT molecular complexity index is 1060. The lowest BCUT2D eigenvalue weighted by Gasteiger charge is -2.24. The molecule has 1 amide bonds. The summed E-state index contributed by atoms with van der Waals surface area (Å²) in [5, 5.41) is 16.1. The maximum Gasteiger partial charge on any atom is 0.229 e. The number of fused-ring (bicyclic) bond motifs is 1. The molecule has 7 nitrogen and oxygen atoms in total. The molecule has 2 heterocycles. The van der Waals surface area contributed by atoms with Crippen LogP contribution in [-0.4, -0.2) is 20.7 Å². The monoisotopic (exact) mass is 471 g/mol. The summed E-state index contributed by atoms with van der Waals surface area (Å²) in [6.07, 6.45) is 1.74. The molecule has 0 spiro atoms. The van der Waals surface area contributed by atoms with Crippen molar-refractivity contribution in [3.8, 4) is 11.8 Å². The molecule has 0 radical (unpaired) electrons. The van der Waals surface area contributed by atoms with Crippen LogP contribution in [0.25, 0.3) is 0 Å². The van der Waals surface area contributed by atoms with Gasteiger partial charge in [-0.3, -0.25) is 10.1 Å². The lowest BCUT2D eigenvalue weighted by atomic mass is 10.0. The summed E-state index contributed by atoms with van der Waals surface area (Å²) in [4.78, 5) is 16.0. The van der Waals surface area contributed by atoms with E-state index in [1.807, 2.05) is 36.4 Å². The van der Waals surface area contributed by atoms with Crippen LogP contribution >= 0.6 is 22.6 Å². The average Bonchev–Trinajstić information content (AvgIpc) is 3.15. The number of anilines is 1. The second kappa shape index (κ2) is 7.36. The molecule has 0 saturated carbocycles. The first-order valence-corrected chi connectivity index (χ1v) is 9.33. The highest BCUT2D eigenvalue weighted by Gasteiger charge is 2.28. The first-order chi connectivity index (χ1) is 13.2. The van der Waals surface area contributed by atoms with Gasteiger partial charge in [0.1, 0.15) is 18.7 Å². The minimum Gasteiger partial charge on any atom is -0.488 e. The summed E-state index contributed by atoms with van der Waals surface area (Å²) in [6, 6.07) is 15.2. The summed E-state index contributed by atoms with van der Waals surface area (Å²) in [5.41, 5.74) is 2.41. The summed E-state index contributed by atoms with van der Waals surface area (Å²) in [5.74, 6) is 1.11. The molecule has 0 saturated heterocycles. The van der Waals surface area contributed by atoms with E-state index in [9.17, 15) is 10.1 Å². The topological polar surface area (TPSA) is 92.8 Å². The summed E-state index contributed by atoms with van der Waals surface area (Å²) >= 11 is 2.21. The van der Waals surface area contributed by atoms with Crippen molar-refractivity contribution in [1.29, 1.82) is 5.26 Å². The van der Waals surface area contributed by atoms with Gasteiger partial charge in [0, 0.05) is 5.56 Å². The zero-order valence-electron chi connectivity index (χ0n) is 14.1. The number of carbonyl (C=O) groups is 1. The van der Waals surface area contributed by atoms with Gasteiger partial charge in [-0.25, -0.2) is 4.68 Å². The van der Waals surface area contributed by atoms with E-state index in [2.05, 4.69) is 44.1 Å². The van der Waals surface area contributed by atoms with Gasteiger partial charge >= 0.3 is 0 Å². The third kappa shape index (κ3) is 3.50. The molecule has 4 rings (SSSR count). The maximum atomic E-state index is 11.9. The quantitative estimate of drug-likeness (QED) is 0.590. The van der Waals surface area contributed by atoms with Gasteiger partial charge in [-0.05, 0) is 46.4 Å². The zero-order chi connectivity index (χ0) is 18.8. The van der Waals surface area contributed by atoms with Crippen LogP contribution < -0.4 is 10.1 Å². The molecule has 134 valence electrons.